The van der Waals surface area contributed by atoms with Gasteiger partial charge < -0.3 is 4.74 Å². The second kappa shape index (κ2) is 13.0. The summed E-state index contributed by atoms with van der Waals surface area (Å²) in [6.45, 7) is 4.47. The lowest BCUT2D eigenvalue weighted by atomic mass is 9.84. The number of carbonyl (C=O) groups is 1. The zero-order chi connectivity index (χ0) is 23.5. The molecule has 1 aliphatic rings. The fraction of sp³-hybridized carbons (Fsp3) is 0.357. The number of thioether (sulfide) groups is 1. The molecule has 2 aromatic carbocycles. The molecule has 174 valence electrons. The topological polar surface area (TPSA) is 41.9 Å². The van der Waals surface area contributed by atoms with E-state index in [1.54, 1.807) is 13.2 Å². The maximum atomic E-state index is 11.1. The molecule has 0 aliphatic heterocycles. The molecule has 0 spiro atoms. The Morgan fingerprint density at radius 1 is 1.09 bits per heavy atom. The van der Waals surface area contributed by atoms with Crippen molar-refractivity contribution in [3.63, 3.8) is 0 Å². The van der Waals surface area contributed by atoms with E-state index >= 15 is 0 Å². The van der Waals surface area contributed by atoms with Crippen molar-refractivity contribution in [3.8, 4) is 5.75 Å². The van der Waals surface area contributed by atoms with Crippen LogP contribution >= 0.6 is 11.8 Å². The molecule has 0 saturated heterocycles. The Balaban J connectivity index is 1.54. The third-order valence-electron chi connectivity index (χ3n) is 5.76. The van der Waals surface area contributed by atoms with Crippen LogP contribution in [0.3, 0.4) is 0 Å². The van der Waals surface area contributed by atoms with Gasteiger partial charge in [-0.05, 0) is 72.4 Å². The Hall–Kier alpha value is -2.79. The maximum Gasteiger partial charge on any atom is 0.215 e. The summed E-state index contributed by atoms with van der Waals surface area (Å²) in [5.41, 5.74) is 3.74. The fourth-order valence-corrected chi connectivity index (χ4v) is 4.71. The Kier molecular flexibility index (Phi) is 9.82. The van der Waals surface area contributed by atoms with E-state index in [0.29, 0.717) is 11.8 Å². The first-order valence-corrected chi connectivity index (χ1v) is 12.5. The number of nitrogens with zero attached hydrogens (tertiary/aromatic N) is 2. The molecular formula is C28H34N2O2S. The predicted molar refractivity (Wildman–Crippen MR) is 140 cm³/mol. The summed E-state index contributed by atoms with van der Waals surface area (Å²) < 4.78 is 5.99. The van der Waals surface area contributed by atoms with Crippen molar-refractivity contribution in [1.29, 1.82) is 0 Å². The minimum atomic E-state index is 0.567. The van der Waals surface area contributed by atoms with Crippen molar-refractivity contribution in [2.24, 2.45) is 4.99 Å². The average molecular weight is 463 g/mol. The summed E-state index contributed by atoms with van der Waals surface area (Å²) >= 11 is 1.46. The number of carbonyl (C=O) groups excluding carboxylic acids is 1. The van der Waals surface area contributed by atoms with Gasteiger partial charge in [0.05, 0.1) is 0 Å². The number of amidine groups is 1. The highest BCUT2D eigenvalue weighted by Crippen LogP contribution is 2.32. The highest BCUT2D eigenvalue weighted by atomic mass is 32.2. The van der Waals surface area contributed by atoms with Gasteiger partial charge in [-0.15, -0.1) is 0 Å². The van der Waals surface area contributed by atoms with Gasteiger partial charge in [0.1, 0.15) is 12.4 Å². The lowest BCUT2D eigenvalue weighted by molar-refractivity contribution is -0.113. The number of amides is 1. The highest BCUT2D eigenvalue weighted by Gasteiger charge is 2.15. The molecular weight excluding hydrogens is 428 g/mol. The Labute approximate surface area is 202 Å². The number of hydrogen-bond acceptors (Lipinski definition) is 4. The van der Waals surface area contributed by atoms with Crippen molar-refractivity contribution >= 4 is 29.4 Å². The van der Waals surface area contributed by atoms with Gasteiger partial charge in [-0.1, -0.05) is 73.5 Å². The molecule has 1 fully saturated rings. The van der Waals surface area contributed by atoms with Gasteiger partial charge in [0.15, 0.2) is 5.17 Å². The van der Waals surface area contributed by atoms with E-state index in [-0.39, 0.29) is 0 Å². The molecule has 3 rings (SSSR count). The summed E-state index contributed by atoms with van der Waals surface area (Å²) in [5, 5.41) is 0.631. The molecule has 0 unspecified atom stereocenters. The second-order valence-electron chi connectivity index (χ2n) is 8.40. The Morgan fingerprint density at radius 2 is 1.79 bits per heavy atom. The Bertz CT molecular complexity index is 972. The summed E-state index contributed by atoms with van der Waals surface area (Å²) in [4.78, 5) is 18.0. The number of allylic oxidation sites excluding steroid dienone is 2. The van der Waals surface area contributed by atoms with Gasteiger partial charge in [-0.25, -0.2) is 4.99 Å². The predicted octanol–water partition coefficient (Wildman–Crippen LogP) is 7.39. The minimum Gasteiger partial charge on any atom is -0.489 e. The average Bonchev–Trinajstić information content (AvgIpc) is 2.86. The van der Waals surface area contributed by atoms with Crippen LogP contribution in [-0.4, -0.2) is 23.5 Å². The van der Waals surface area contributed by atoms with Crippen molar-refractivity contribution in [3.05, 3.63) is 82.4 Å². The van der Waals surface area contributed by atoms with E-state index in [4.69, 9.17) is 4.74 Å². The quantitative estimate of drug-likeness (QED) is 0.233. The number of rotatable bonds is 8. The summed E-state index contributed by atoms with van der Waals surface area (Å²) in [6, 6.07) is 17.0. The highest BCUT2D eigenvalue weighted by molar-refractivity contribution is 8.17. The lowest BCUT2D eigenvalue weighted by Crippen LogP contribution is -2.21. The summed E-state index contributed by atoms with van der Waals surface area (Å²) in [7, 11) is 1.70. The molecule has 5 heteroatoms. The zero-order valence-electron chi connectivity index (χ0n) is 19.9. The second-order valence-corrected chi connectivity index (χ2v) is 9.61. The van der Waals surface area contributed by atoms with Crippen molar-refractivity contribution in [1.82, 2.24) is 4.90 Å². The molecule has 33 heavy (non-hydrogen) atoms. The molecule has 0 heterocycles. The van der Waals surface area contributed by atoms with Crippen LogP contribution in [0.2, 0.25) is 0 Å². The van der Waals surface area contributed by atoms with Gasteiger partial charge >= 0.3 is 0 Å². The van der Waals surface area contributed by atoms with E-state index in [1.165, 1.54) is 59.9 Å². The van der Waals surface area contributed by atoms with Gasteiger partial charge in [0, 0.05) is 13.2 Å². The van der Waals surface area contributed by atoms with Gasteiger partial charge in [0.2, 0.25) is 6.41 Å². The van der Waals surface area contributed by atoms with E-state index in [1.807, 2.05) is 44.2 Å². The number of aliphatic imine (C=N–C) groups is 1. The normalized spacial score (nSPS) is 15.6. The standard InChI is InChI=1S/C28H34N2O2S/c1-4-18-29-28(30(3)21-31)33-22(2)19-23-12-16-27(17-13-23)32-20-24-10-14-26(15-11-24)25-8-6-5-7-9-25/h4,10-19,21,25H,5-9,20H2,1-3H3/b18-4+,22-19-,29-28?. The van der Waals surface area contributed by atoms with E-state index in [9.17, 15) is 4.79 Å². The van der Waals surface area contributed by atoms with Crippen LogP contribution in [0.4, 0.5) is 0 Å². The van der Waals surface area contributed by atoms with Gasteiger partial charge in [0.25, 0.3) is 0 Å². The largest absolute Gasteiger partial charge is 0.489 e. The van der Waals surface area contributed by atoms with Crippen LogP contribution in [0, 0.1) is 0 Å². The summed E-state index contributed by atoms with van der Waals surface area (Å²) in [6.07, 6.45) is 13.1. The van der Waals surface area contributed by atoms with E-state index in [2.05, 4.69) is 35.3 Å². The van der Waals surface area contributed by atoms with E-state index < -0.39 is 0 Å². The van der Waals surface area contributed by atoms with Crippen LogP contribution in [0.15, 0.2) is 70.7 Å². The van der Waals surface area contributed by atoms with Gasteiger partial charge in [-0.2, -0.15) is 0 Å². The molecule has 0 atom stereocenters. The third-order valence-corrected chi connectivity index (χ3v) is 6.77. The molecule has 1 aliphatic carbocycles. The van der Waals surface area contributed by atoms with Crippen LogP contribution < -0.4 is 4.74 Å². The van der Waals surface area contributed by atoms with Gasteiger partial charge in [-0.3, -0.25) is 9.69 Å². The SMILES string of the molecule is C/C=C/N=C(S/C(C)=C\c1ccc(OCc2ccc(C3CCCCC3)cc2)cc1)N(C)C=O. The van der Waals surface area contributed by atoms with Crippen LogP contribution in [-0.2, 0) is 11.4 Å². The monoisotopic (exact) mass is 462 g/mol. The lowest BCUT2D eigenvalue weighted by Gasteiger charge is -2.22. The van der Waals surface area contributed by atoms with Crippen molar-refractivity contribution in [2.45, 2.75) is 58.5 Å². The van der Waals surface area contributed by atoms with Crippen LogP contribution in [0.1, 0.15) is 68.6 Å². The maximum absolute atomic E-state index is 11.1. The zero-order valence-corrected chi connectivity index (χ0v) is 20.7. The first-order chi connectivity index (χ1) is 16.1. The van der Waals surface area contributed by atoms with Crippen LogP contribution in [0.5, 0.6) is 5.75 Å². The molecule has 0 N–H and O–H groups in total. The molecule has 1 saturated carbocycles. The van der Waals surface area contributed by atoms with Crippen molar-refractivity contribution in [2.75, 3.05) is 7.05 Å². The first-order valence-electron chi connectivity index (χ1n) is 11.6. The smallest absolute Gasteiger partial charge is 0.215 e. The third kappa shape index (κ3) is 7.93. The number of benzene rings is 2. The summed E-state index contributed by atoms with van der Waals surface area (Å²) in [5.74, 6) is 1.59. The van der Waals surface area contributed by atoms with E-state index in [0.717, 1.165) is 28.5 Å². The number of ether oxygens (including phenoxy) is 1. The minimum absolute atomic E-state index is 0.567. The Morgan fingerprint density at radius 3 is 2.42 bits per heavy atom. The molecule has 2 aromatic rings. The molecule has 0 bridgehead atoms. The molecule has 4 nitrogen and oxygen atoms in total. The fourth-order valence-electron chi connectivity index (χ4n) is 3.93. The number of hydrogen-bond donors (Lipinski definition) is 0. The molecule has 0 aromatic heterocycles. The van der Waals surface area contributed by atoms with Crippen LogP contribution in [0.25, 0.3) is 6.08 Å². The first kappa shape index (κ1) is 24.8. The molecule has 0 radical (unpaired) electrons. The molecule has 1 amide bonds. The van der Waals surface area contributed by atoms with Crippen molar-refractivity contribution < 1.29 is 9.53 Å².